The Bertz CT molecular complexity index is 409. The third kappa shape index (κ3) is 4.80. The van der Waals surface area contributed by atoms with Crippen molar-refractivity contribution in [1.29, 1.82) is 0 Å². The number of carbonyl (C=O) groups is 1. The second-order valence-corrected chi connectivity index (χ2v) is 3.69. The summed E-state index contributed by atoms with van der Waals surface area (Å²) in [7, 11) is 1.67. The van der Waals surface area contributed by atoms with Gasteiger partial charge in [-0.25, -0.2) is 4.79 Å². The molecule has 17 heavy (non-hydrogen) atoms. The monoisotopic (exact) mass is 255 g/mol. The van der Waals surface area contributed by atoms with Crippen molar-refractivity contribution < 1.29 is 14.3 Å². The van der Waals surface area contributed by atoms with Gasteiger partial charge in [-0.2, -0.15) is 0 Å². The average molecular weight is 255 g/mol. The van der Waals surface area contributed by atoms with Gasteiger partial charge in [-0.3, -0.25) is 0 Å². The van der Waals surface area contributed by atoms with Crippen LogP contribution in [0.5, 0.6) is 0 Å². The standard InChI is InChI=1S/C11H14N2O3S/c1-15-5-6-16-10(14)8-3-2-4-9(7-8)13-11(12)17/h2-4,7H,5-6H2,1H3,(H3,12,13,17)/p+1. The Balaban J connectivity index is 2.63. The molecule has 0 amide bonds. The predicted molar refractivity (Wildman–Crippen MR) is 70.1 cm³/mol. The van der Waals surface area contributed by atoms with Crippen molar-refractivity contribution in [2.45, 2.75) is 0 Å². The van der Waals surface area contributed by atoms with E-state index < -0.39 is 0 Å². The molecule has 0 saturated heterocycles. The van der Waals surface area contributed by atoms with E-state index in [9.17, 15) is 4.79 Å². The van der Waals surface area contributed by atoms with Gasteiger partial charge in [0.25, 0.3) is 0 Å². The Morgan fingerprint density at radius 1 is 1.59 bits per heavy atom. The summed E-state index contributed by atoms with van der Waals surface area (Å²) in [6.07, 6.45) is 0. The van der Waals surface area contributed by atoms with Gasteiger partial charge in [-0.15, -0.1) is 0 Å². The fourth-order valence-electron chi connectivity index (χ4n) is 1.18. The summed E-state index contributed by atoms with van der Waals surface area (Å²) in [5.41, 5.74) is 6.45. The molecule has 1 aromatic carbocycles. The second kappa shape index (κ2) is 6.82. The summed E-state index contributed by atoms with van der Waals surface area (Å²) in [6, 6.07) is 6.78. The van der Waals surface area contributed by atoms with Crippen LogP contribution in [0.15, 0.2) is 24.3 Å². The van der Waals surface area contributed by atoms with Gasteiger partial charge in [0.1, 0.15) is 7.11 Å². The minimum absolute atomic E-state index is 0.153. The van der Waals surface area contributed by atoms with E-state index in [1.807, 2.05) is 0 Å². The number of benzene rings is 1. The molecule has 0 aromatic heterocycles. The van der Waals surface area contributed by atoms with Gasteiger partial charge in [0, 0.05) is 5.69 Å². The number of esters is 1. The summed E-state index contributed by atoms with van der Waals surface area (Å²) in [5.74, 6) is -0.389. The number of nitrogens with one attached hydrogen (secondary N) is 1. The Morgan fingerprint density at radius 2 is 2.35 bits per heavy atom. The maximum Gasteiger partial charge on any atom is 0.338 e. The predicted octanol–water partition coefficient (Wildman–Crippen LogP) is 0.657. The molecule has 0 fully saturated rings. The zero-order valence-corrected chi connectivity index (χ0v) is 10.3. The van der Waals surface area contributed by atoms with Crippen molar-refractivity contribution in [2.75, 3.05) is 25.6 Å². The van der Waals surface area contributed by atoms with E-state index >= 15 is 0 Å². The molecule has 1 rings (SSSR count). The number of ether oxygens (including phenoxy) is 2. The summed E-state index contributed by atoms with van der Waals surface area (Å²) < 4.78 is 8.84. The van der Waals surface area contributed by atoms with Crippen molar-refractivity contribution in [1.82, 2.24) is 0 Å². The first-order valence-electron chi connectivity index (χ1n) is 5.02. The molecule has 92 valence electrons. The highest BCUT2D eigenvalue weighted by Gasteiger charge is 2.08. The van der Waals surface area contributed by atoms with Gasteiger partial charge in [0.2, 0.25) is 0 Å². The summed E-state index contributed by atoms with van der Waals surface area (Å²) in [6.45, 7) is 0.777. The Morgan fingerprint density at radius 3 is 3.00 bits per heavy atom. The number of hydrogen-bond donors (Lipinski definition) is 2. The highest BCUT2D eigenvalue weighted by atomic mass is 32.1. The van der Waals surface area contributed by atoms with Gasteiger partial charge >= 0.3 is 5.97 Å². The van der Waals surface area contributed by atoms with E-state index in [0.29, 0.717) is 17.9 Å². The van der Waals surface area contributed by atoms with Crippen molar-refractivity contribution in [3.05, 3.63) is 29.8 Å². The number of hydrogen-bond acceptors (Lipinski definition) is 3. The maximum atomic E-state index is 11.6. The van der Waals surface area contributed by atoms with Gasteiger partial charge in [0.15, 0.2) is 18.3 Å². The number of thiocarbonyl (C=S) groups is 1. The van der Waals surface area contributed by atoms with E-state index in [0.717, 1.165) is 0 Å². The van der Waals surface area contributed by atoms with Crippen molar-refractivity contribution in [3.8, 4) is 0 Å². The van der Waals surface area contributed by atoms with Crippen molar-refractivity contribution >= 4 is 29.0 Å². The molecule has 0 aliphatic carbocycles. The normalized spacial score (nSPS) is 9.71. The zero-order chi connectivity index (χ0) is 12.7. The number of rotatable bonds is 5. The smallest absolute Gasteiger partial charge is 0.338 e. The highest BCUT2D eigenvalue weighted by Crippen LogP contribution is 2.11. The fraction of sp³-hybridized carbons (Fsp3) is 0.273. The lowest BCUT2D eigenvalue weighted by molar-refractivity contribution is -0.0212. The average Bonchev–Trinajstić information content (AvgIpc) is 2.28. The quantitative estimate of drug-likeness (QED) is 0.350. The van der Waals surface area contributed by atoms with Gasteiger partial charge in [0.05, 0.1) is 5.56 Å². The molecule has 1 aromatic rings. The molecule has 0 unspecified atom stereocenters. The maximum absolute atomic E-state index is 11.6. The van der Waals surface area contributed by atoms with Gasteiger partial charge in [-0.05, 0) is 30.4 Å². The van der Waals surface area contributed by atoms with E-state index in [4.69, 9.17) is 22.7 Å². The summed E-state index contributed by atoms with van der Waals surface area (Å²) in [5, 5.41) is 2.90. The number of anilines is 1. The minimum atomic E-state index is -0.389. The van der Waals surface area contributed by atoms with Crippen LogP contribution in [0.4, 0.5) is 5.69 Å². The minimum Gasteiger partial charge on any atom is -0.454 e. The molecule has 0 aliphatic heterocycles. The number of aliphatic hydroxyl groups is 2. The SMILES string of the molecule is C[OH+]CCOC(=O)c1cccc(NC(N)=S)c1. The third-order valence-electron chi connectivity index (χ3n) is 1.91. The van der Waals surface area contributed by atoms with Gasteiger partial charge in [-0.1, -0.05) is 6.07 Å². The lowest BCUT2D eigenvalue weighted by atomic mass is 10.2. The molecule has 6 heteroatoms. The Hall–Kier alpha value is -1.66. The molecule has 5 nitrogen and oxygen atoms in total. The van der Waals surface area contributed by atoms with Crippen molar-refractivity contribution in [3.63, 3.8) is 0 Å². The number of nitrogens with two attached hydrogens (primary N) is 1. The summed E-state index contributed by atoms with van der Waals surface area (Å²) in [4.78, 5) is 11.6. The largest absolute Gasteiger partial charge is 0.454 e. The topological polar surface area (TPSA) is 77.2 Å². The zero-order valence-electron chi connectivity index (χ0n) is 9.47. The first-order valence-corrected chi connectivity index (χ1v) is 5.43. The van der Waals surface area contributed by atoms with Crippen LogP contribution in [0.1, 0.15) is 10.4 Å². The first kappa shape index (κ1) is 13.4. The van der Waals surface area contributed by atoms with Gasteiger partial charge < -0.3 is 20.5 Å². The lowest BCUT2D eigenvalue weighted by Crippen LogP contribution is -2.19. The molecule has 0 spiro atoms. The lowest BCUT2D eigenvalue weighted by Gasteiger charge is -2.06. The van der Waals surface area contributed by atoms with Crippen LogP contribution < -0.4 is 11.1 Å². The molecular formula is C11H15N2O3S+. The number of carbonyl (C=O) groups excluding carboxylic acids is 1. The van der Waals surface area contributed by atoms with E-state index in [2.05, 4.69) is 10.1 Å². The van der Waals surface area contributed by atoms with Crippen LogP contribution >= 0.6 is 12.2 Å². The fourth-order valence-corrected chi connectivity index (χ4v) is 1.30. The Labute approximate surface area is 105 Å². The third-order valence-corrected chi connectivity index (χ3v) is 2.02. The van der Waals surface area contributed by atoms with Crippen LogP contribution in [0.2, 0.25) is 0 Å². The molecular weight excluding hydrogens is 240 g/mol. The first-order chi connectivity index (χ1) is 8.13. The van der Waals surface area contributed by atoms with E-state index in [1.54, 1.807) is 31.4 Å². The molecule has 0 atom stereocenters. The second-order valence-electron chi connectivity index (χ2n) is 3.25. The molecule has 0 saturated carbocycles. The molecule has 0 radical (unpaired) electrons. The molecule has 4 N–H and O–H groups in total. The van der Waals surface area contributed by atoms with E-state index in [1.165, 1.54) is 0 Å². The van der Waals surface area contributed by atoms with Crippen LogP contribution in [0.25, 0.3) is 0 Å². The van der Waals surface area contributed by atoms with Crippen molar-refractivity contribution in [2.24, 2.45) is 5.73 Å². The molecule has 0 heterocycles. The Kier molecular flexibility index (Phi) is 5.38. The highest BCUT2D eigenvalue weighted by molar-refractivity contribution is 7.80. The van der Waals surface area contributed by atoms with Crippen LogP contribution in [0.3, 0.4) is 0 Å². The molecule has 0 aliphatic rings. The molecule has 0 bridgehead atoms. The van der Waals surface area contributed by atoms with E-state index in [-0.39, 0.29) is 17.7 Å². The van der Waals surface area contributed by atoms with Crippen LogP contribution in [-0.4, -0.2) is 36.1 Å². The van der Waals surface area contributed by atoms with Crippen LogP contribution in [-0.2, 0) is 4.74 Å². The summed E-state index contributed by atoms with van der Waals surface area (Å²) >= 11 is 4.71. The van der Waals surface area contributed by atoms with Crippen LogP contribution in [0, 0.1) is 0 Å².